The van der Waals surface area contributed by atoms with E-state index in [0.717, 1.165) is 25.8 Å². The topological polar surface area (TPSA) is 55.1 Å². The first kappa shape index (κ1) is 9.83. The lowest BCUT2D eigenvalue weighted by Crippen LogP contribution is -2.20. The number of unbranched alkanes of at least 4 members (excludes halogenated alkanes) is 2. The van der Waals surface area contributed by atoms with Crippen LogP contribution in [0, 0.1) is 12.0 Å². The smallest absolute Gasteiger partial charge is 0.216 e. The molecule has 0 heterocycles. The fourth-order valence-electron chi connectivity index (χ4n) is 0.675. The fraction of sp³-hybridized carbons (Fsp3) is 0.625. The zero-order chi connectivity index (χ0) is 8.53. The molecule has 3 nitrogen and oxygen atoms in total. The van der Waals surface area contributed by atoms with E-state index in [1.165, 1.54) is 6.92 Å². The van der Waals surface area contributed by atoms with Crippen LogP contribution >= 0.6 is 0 Å². The second-order valence-corrected chi connectivity index (χ2v) is 2.26. The minimum atomic E-state index is 0.0231. The van der Waals surface area contributed by atoms with Crippen LogP contribution in [0.4, 0.5) is 0 Å². The van der Waals surface area contributed by atoms with Gasteiger partial charge in [0.1, 0.15) is 0 Å². The molecule has 3 heteroatoms. The van der Waals surface area contributed by atoms with E-state index < -0.39 is 0 Å². The number of rotatable bonds is 4. The highest BCUT2D eigenvalue weighted by atomic mass is 16.1. The van der Waals surface area contributed by atoms with Gasteiger partial charge in [0.25, 0.3) is 0 Å². The average Bonchev–Trinajstić information content (AvgIpc) is 1.96. The highest BCUT2D eigenvalue weighted by Crippen LogP contribution is 1.90. The summed E-state index contributed by atoms with van der Waals surface area (Å²) in [4.78, 5) is 10.4. The van der Waals surface area contributed by atoms with Crippen LogP contribution in [0.2, 0.25) is 0 Å². The van der Waals surface area contributed by atoms with Gasteiger partial charge in [-0.2, -0.15) is 0 Å². The number of nitrogens with two attached hydrogens (primary N) is 1. The molecule has 0 aliphatic rings. The lowest BCUT2D eigenvalue weighted by atomic mass is 10.2. The molecule has 62 valence electrons. The summed E-state index contributed by atoms with van der Waals surface area (Å²) in [5, 5.41) is 2.70. The molecule has 0 atom stereocenters. The van der Waals surface area contributed by atoms with Crippen molar-refractivity contribution in [2.75, 3.05) is 6.54 Å². The van der Waals surface area contributed by atoms with Crippen LogP contribution in [0.1, 0.15) is 26.2 Å². The number of hydrogen-bond donors (Lipinski definition) is 2. The van der Waals surface area contributed by atoms with Gasteiger partial charge in [-0.3, -0.25) is 4.79 Å². The second-order valence-electron chi connectivity index (χ2n) is 2.26. The molecule has 0 saturated carbocycles. The number of hydrogen-bond acceptors (Lipinski definition) is 2. The standard InChI is InChI=1S/C8H14N2O/c1-8(11)10-7-5-3-2-4-6-9/h2-3,5,7,9H2,1H3,(H,10,11). The van der Waals surface area contributed by atoms with Crippen LogP contribution in [0.3, 0.4) is 0 Å². The van der Waals surface area contributed by atoms with Gasteiger partial charge in [0, 0.05) is 25.9 Å². The Morgan fingerprint density at radius 2 is 2.27 bits per heavy atom. The molecular weight excluding hydrogens is 140 g/mol. The summed E-state index contributed by atoms with van der Waals surface area (Å²) in [6, 6.07) is 2.33. The van der Waals surface area contributed by atoms with Gasteiger partial charge in [-0.05, 0) is 12.8 Å². The molecule has 0 aromatic heterocycles. The van der Waals surface area contributed by atoms with Gasteiger partial charge in [0.15, 0.2) is 0 Å². The van der Waals surface area contributed by atoms with E-state index in [2.05, 4.69) is 17.3 Å². The summed E-state index contributed by atoms with van der Waals surface area (Å²) in [7, 11) is 0. The summed E-state index contributed by atoms with van der Waals surface area (Å²) in [6.45, 7) is 2.25. The van der Waals surface area contributed by atoms with Crippen molar-refractivity contribution in [3.8, 4) is 12.0 Å². The summed E-state index contributed by atoms with van der Waals surface area (Å²) in [6.07, 6.45) is 2.77. The van der Waals surface area contributed by atoms with E-state index in [1.54, 1.807) is 0 Å². The molecule has 3 N–H and O–H groups in total. The van der Waals surface area contributed by atoms with Crippen molar-refractivity contribution >= 4 is 5.91 Å². The molecule has 0 radical (unpaired) electrons. The van der Waals surface area contributed by atoms with E-state index >= 15 is 0 Å². The quantitative estimate of drug-likeness (QED) is 0.345. The molecule has 11 heavy (non-hydrogen) atoms. The molecule has 0 aliphatic heterocycles. The summed E-state index contributed by atoms with van der Waals surface area (Å²) < 4.78 is 0. The summed E-state index contributed by atoms with van der Waals surface area (Å²) >= 11 is 0. The van der Waals surface area contributed by atoms with Gasteiger partial charge in [-0.15, -0.1) is 0 Å². The minimum absolute atomic E-state index is 0.0231. The molecule has 0 bridgehead atoms. The normalized spacial score (nSPS) is 8.09. The summed E-state index contributed by atoms with van der Waals surface area (Å²) in [5.41, 5.74) is 4.96. The monoisotopic (exact) mass is 154 g/mol. The van der Waals surface area contributed by atoms with Crippen molar-refractivity contribution in [1.29, 1.82) is 0 Å². The lowest BCUT2D eigenvalue weighted by molar-refractivity contribution is -0.118. The third-order valence-corrected chi connectivity index (χ3v) is 1.20. The fourth-order valence-corrected chi connectivity index (χ4v) is 0.675. The Balaban J connectivity index is 3.00. The van der Waals surface area contributed by atoms with Crippen LogP contribution in [0.25, 0.3) is 0 Å². The second kappa shape index (κ2) is 6.94. The number of carbonyl (C=O) groups excluding carboxylic acids is 1. The average molecular weight is 154 g/mol. The molecule has 0 spiro atoms. The van der Waals surface area contributed by atoms with Gasteiger partial charge >= 0.3 is 0 Å². The van der Waals surface area contributed by atoms with Gasteiger partial charge in [-0.25, -0.2) is 0 Å². The molecule has 0 aliphatic carbocycles. The Labute approximate surface area is 67.3 Å². The molecule has 1 amide bonds. The van der Waals surface area contributed by atoms with Crippen molar-refractivity contribution in [3.05, 3.63) is 0 Å². The minimum Gasteiger partial charge on any atom is -0.359 e. The van der Waals surface area contributed by atoms with E-state index in [1.807, 2.05) is 0 Å². The van der Waals surface area contributed by atoms with Gasteiger partial charge in [0.05, 0.1) is 0 Å². The van der Waals surface area contributed by atoms with Crippen LogP contribution in [-0.2, 0) is 4.79 Å². The molecule has 0 aromatic rings. The van der Waals surface area contributed by atoms with Crippen molar-refractivity contribution < 1.29 is 4.79 Å². The predicted octanol–water partition coefficient (Wildman–Crippen LogP) is 0.212. The zero-order valence-corrected chi connectivity index (χ0v) is 6.81. The Hall–Kier alpha value is -1.17. The van der Waals surface area contributed by atoms with Crippen LogP contribution in [0.15, 0.2) is 0 Å². The Morgan fingerprint density at radius 3 is 2.82 bits per heavy atom. The van der Waals surface area contributed by atoms with Gasteiger partial charge in [-0.1, -0.05) is 5.92 Å². The van der Waals surface area contributed by atoms with E-state index in [9.17, 15) is 4.79 Å². The first-order chi connectivity index (χ1) is 5.27. The highest BCUT2D eigenvalue weighted by Gasteiger charge is 1.88. The maximum Gasteiger partial charge on any atom is 0.216 e. The SMILES string of the molecule is CC(=O)NCCCCC#CN. The largest absolute Gasteiger partial charge is 0.359 e. The highest BCUT2D eigenvalue weighted by molar-refractivity contribution is 5.72. The van der Waals surface area contributed by atoms with Crippen molar-refractivity contribution in [3.63, 3.8) is 0 Å². The van der Waals surface area contributed by atoms with Gasteiger partial charge < -0.3 is 11.1 Å². The summed E-state index contributed by atoms with van der Waals surface area (Å²) in [5.74, 6) is 2.77. The number of nitrogens with one attached hydrogen (secondary N) is 1. The van der Waals surface area contributed by atoms with E-state index in [4.69, 9.17) is 5.73 Å². The van der Waals surface area contributed by atoms with Crippen LogP contribution in [0.5, 0.6) is 0 Å². The Bertz CT molecular complexity index is 167. The molecule has 0 rings (SSSR count). The molecular formula is C8H14N2O. The third kappa shape index (κ3) is 8.83. The molecule has 0 fully saturated rings. The lowest BCUT2D eigenvalue weighted by Gasteiger charge is -1.98. The number of amides is 1. The van der Waals surface area contributed by atoms with E-state index in [0.29, 0.717) is 0 Å². The Morgan fingerprint density at radius 1 is 1.55 bits per heavy atom. The molecule has 0 unspecified atom stereocenters. The number of carbonyl (C=O) groups is 1. The molecule has 0 saturated heterocycles. The third-order valence-electron chi connectivity index (χ3n) is 1.20. The maximum atomic E-state index is 10.4. The van der Waals surface area contributed by atoms with E-state index in [-0.39, 0.29) is 5.91 Å². The zero-order valence-electron chi connectivity index (χ0n) is 6.81. The first-order valence-electron chi connectivity index (χ1n) is 3.70. The van der Waals surface area contributed by atoms with Crippen LogP contribution in [-0.4, -0.2) is 12.5 Å². The Kier molecular flexibility index (Phi) is 6.20. The predicted molar refractivity (Wildman–Crippen MR) is 44.5 cm³/mol. The van der Waals surface area contributed by atoms with Crippen molar-refractivity contribution in [2.45, 2.75) is 26.2 Å². The molecule has 0 aromatic carbocycles. The first-order valence-corrected chi connectivity index (χ1v) is 3.70. The maximum absolute atomic E-state index is 10.4. The van der Waals surface area contributed by atoms with Crippen molar-refractivity contribution in [1.82, 2.24) is 5.32 Å². The van der Waals surface area contributed by atoms with Crippen LogP contribution < -0.4 is 11.1 Å². The van der Waals surface area contributed by atoms with Gasteiger partial charge in [0.2, 0.25) is 5.91 Å². The van der Waals surface area contributed by atoms with Crippen molar-refractivity contribution in [2.24, 2.45) is 5.73 Å².